The van der Waals surface area contributed by atoms with Gasteiger partial charge < -0.3 is 0 Å². The van der Waals surface area contributed by atoms with Gasteiger partial charge in [0.15, 0.2) is 0 Å². The molecule has 0 saturated carbocycles. The molecule has 0 amide bonds. The average Bonchev–Trinajstić information content (AvgIpc) is 2.66. The van der Waals surface area contributed by atoms with Gasteiger partial charge in [0.2, 0.25) is 0 Å². The number of nitrogens with zero attached hydrogens (tertiary/aromatic N) is 2. The van der Waals surface area contributed by atoms with Crippen LogP contribution in [0.1, 0.15) is 17.3 Å². The lowest BCUT2D eigenvalue weighted by Crippen LogP contribution is -2.31. The quantitative estimate of drug-likeness (QED) is 0.670. The largest absolute Gasteiger partial charge is 0.271 e. The van der Waals surface area contributed by atoms with Gasteiger partial charge in [0, 0.05) is 17.6 Å². The van der Waals surface area contributed by atoms with Gasteiger partial charge in [-0.2, -0.15) is 5.10 Å². The third-order valence-electron chi connectivity index (χ3n) is 2.65. The van der Waals surface area contributed by atoms with E-state index in [9.17, 15) is 4.39 Å². The predicted octanol–water partition coefficient (Wildman–Crippen LogP) is 2.53. The lowest BCUT2D eigenvalue weighted by molar-refractivity contribution is 0.531. The highest BCUT2D eigenvalue weighted by molar-refractivity contribution is 9.10. The van der Waals surface area contributed by atoms with Gasteiger partial charge >= 0.3 is 0 Å². The van der Waals surface area contributed by atoms with Gasteiger partial charge in [0.05, 0.1) is 22.4 Å². The SMILES string of the molecule is Cn1ncc(Br)c1C(NN)c1cc(Cl)ccc1F. The molecule has 18 heavy (non-hydrogen) atoms. The summed E-state index contributed by atoms with van der Waals surface area (Å²) in [6.07, 6.45) is 1.63. The van der Waals surface area contributed by atoms with Crippen molar-refractivity contribution in [1.82, 2.24) is 15.2 Å². The van der Waals surface area contributed by atoms with E-state index < -0.39 is 6.04 Å². The lowest BCUT2D eigenvalue weighted by atomic mass is 10.0. The minimum Gasteiger partial charge on any atom is -0.271 e. The zero-order valence-corrected chi connectivity index (χ0v) is 11.8. The monoisotopic (exact) mass is 332 g/mol. The van der Waals surface area contributed by atoms with Crippen molar-refractivity contribution in [3.8, 4) is 0 Å². The Bertz CT molecular complexity index is 553. The number of hydrazine groups is 1. The zero-order chi connectivity index (χ0) is 13.3. The van der Waals surface area contributed by atoms with Crippen LogP contribution < -0.4 is 11.3 Å². The number of hydrogen-bond acceptors (Lipinski definition) is 3. The molecule has 0 aliphatic carbocycles. The topological polar surface area (TPSA) is 55.9 Å². The van der Waals surface area contributed by atoms with Crippen LogP contribution in [0.25, 0.3) is 0 Å². The second-order valence-corrected chi connectivity index (χ2v) is 5.06. The number of aryl methyl sites for hydroxylation is 1. The summed E-state index contributed by atoms with van der Waals surface area (Å²) in [7, 11) is 1.76. The summed E-state index contributed by atoms with van der Waals surface area (Å²) in [5.41, 5.74) is 3.67. The van der Waals surface area contributed by atoms with E-state index in [1.54, 1.807) is 24.0 Å². The highest BCUT2D eigenvalue weighted by Gasteiger charge is 2.22. The van der Waals surface area contributed by atoms with Crippen molar-refractivity contribution >= 4 is 27.5 Å². The maximum Gasteiger partial charge on any atom is 0.128 e. The van der Waals surface area contributed by atoms with Crippen molar-refractivity contribution in [1.29, 1.82) is 0 Å². The molecule has 2 aromatic rings. The van der Waals surface area contributed by atoms with E-state index in [4.69, 9.17) is 17.4 Å². The molecule has 1 atom stereocenters. The number of benzene rings is 1. The smallest absolute Gasteiger partial charge is 0.128 e. The molecule has 1 heterocycles. The molecule has 4 nitrogen and oxygen atoms in total. The molecule has 0 fully saturated rings. The maximum absolute atomic E-state index is 13.9. The van der Waals surface area contributed by atoms with Crippen molar-refractivity contribution in [2.75, 3.05) is 0 Å². The second kappa shape index (κ2) is 5.36. The van der Waals surface area contributed by atoms with Crippen LogP contribution >= 0.6 is 27.5 Å². The van der Waals surface area contributed by atoms with Gasteiger partial charge in [-0.3, -0.25) is 10.5 Å². The molecule has 2 rings (SSSR count). The Morgan fingerprint density at radius 1 is 1.56 bits per heavy atom. The molecule has 0 spiro atoms. The first-order valence-electron chi connectivity index (χ1n) is 5.13. The molecule has 0 aliphatic heterocycles. The van der Waals surface area contributed by atoms with Crippen LogP contribution in [0.3, 0.4) is 0 Å². The Morgan fingerprint density at radius 3 is 2.83 bits per heavy atom. The van der Waals surface area contributed by atoms with Crippen molar-refractivity contribution in [2.45, 2.75) is 6.04 Å². The molecule has 1 aromatic heterocycles. The fourth-order valence-corrected chi connectivity index (χ4v) is 2.55. The third kappa shape index (κ3) is 2.42. The Hall–Kier alpha value is -0.950. The predicted molar refractivity (Wildman–Crippen MR) is 71.5 cm³/mol. The molecule has 0 radical (unpaired) electrons. The number of hydrogen-bond donors (Lipinski definition) is 2. The van der Waals surface area contributed by atoms with Gasteiger partial charge in [-0.1, -0.05) is 11.6 Å². The van der Waals surface area contributed by atoms with E-state index in [0.717, 1.165) is 10.2 Å². The molecule has 0 bridgehead atoms. The van der Waals surface area contributed by atoms with E-state index in [1.807, 2.05) is 0 Å². The number of aromatic nitrogens is 2. The fraction of sp³-hybridized carbons (Fsp3) is 0.182. The van der Waals surface area contributed by atoms with Crippen LogP contribution in [0.15, 0.2) is 28.9 Å². The Balaban J connectivity index is 2.55. The summed E-state index contributed by atoms with van der Waals surface area (Å²) >= 11 is 9.25. The summed E-state index contributed by atoms with van der Waals surface area (Å²) in [5.74, 6) is 5.15. The Morgan fingerprint density at radius 2 is 2.28 bits per heavy atom. The first-order chi connectivity index (χ1) is 8.54. The van der Waals surface area contributed by atoms with Crippen molar-refractivity contribution in [2.24, 2.45) is 12.9 Å². The lowest BCUT2D eigenvalue weighted by Gasteiger charge is -2.18. The molecule has 96 valence electrons. The molecule has 1 aromatic carbocycles. The van der Waals surface area contributed by atoms with E-state index in [0.29, 0.717) is 10.6 Å². The summed E-state index contributed by atoms with van der Waals surface area (Å²) in [5, 5.41) is 4.53. The minimum absolute atomic E-state index is 0.370. The minimum atomic E-state index is -0.537. The Labute approximate surface area is 117 Å². The Kier molecular flexibility index (Phi) is 4.01. The third-order valence-corrected chi connectivity index (χ3v) is 3.49. The zero-order valence-electron chi connectivity index (χ0n) is 9.49. The van der Waals surface area contributed by atoms with Crippen molar-refractivity contribution in [3.63, 3.8) is 0 Å². The van der Waals surface area contributed by atoms with E-state index >= 15 is 0 Å². The van der Waals surface area contributed by atoms with E-state index in [2.05, 4.69) is 26.5 Å². The van der Waals surface area contributed by atoms with Crippen LogP contribution in [0.5, 0.6) is 0 Å². The average molecular weight is 334 g/mol. The van der Waals surface area contributed by atoms with Crippen LogP contribution in [0, 0.1) is 5.82 Å². The van der Waals surface area contributed by atoms with Crippen molar-refractivity contribution < 1.29 is 4.39 Å². The fourth-order valence-electron chi connectivity index (χ4n) is 1.80. The first-order valence-corrected chi connectivity index (χ1v) is 6.30. The van der Waals surface area contributed by atoms with Gasteiger partial charge in [-0.25, -0.2) is 9.82 Å². The molecular weight excluding hydrogens is 323 g/mol. The summed E-state index contributed by atoms with van der Waals surface area (Å²) in [4.78, 5) is 0. The van der Waals surface area contributed by atoms with E-state index in [-0.39, 0.29) is 5.82 Å². The molecule has 3 N–H and O–H groups in total. The maximum atomic E-state index is 13.9. The highest BCUT2D eigenvalue weighted by atomic mass is 79.9. The number of nitrogens with two attached hydrogens (primary N) is 1. The number of halogens is 3. The standard InChI is InChI=1S/C11H11BrClFN4/c1-18-11(8(12)5-16-18)10(17-15)7-4-6(13)2-3-9(7)14/h2-5,10,17H,15H2,1H3. The first kappa shape index (κ1) is 13.5. The van der Waals surface area contributed by atoms with E-state index in [1.165, 1.54) is 12.1 Å². The molecule has 0 aliphatic rings. The molecule has 1 unspecified atom stereocenters. The molecular formula is C11H11BrClFN4. The van der Waals surface area contributed by atoms with Crippen LogP contribution in [0.4, 0.5) is 4.39 Å². The highest BCUT2D eigenvalue weighted by Crippen LogP contribution is 2.30. The van der Waals surface area contributed by atoms with Gasteiger partial charge in [-0.05, 0) is 34.1 Å². The summed E-state index contributed by atoms with van der Waals surface area (Å²) in [6.45, 7) is 0. The van der Waals surface area contributed by atoms with Crippen LogP contribution in [0.2, 0.25) is 5.02 Å². The second-order valence-electron chi connectivity index (χ2n) is 3.77. The van der Waals surface area contributed by atoms with Gasteiger partial charge in [0.1, 0.15) is 5.82 Å². The van der Waals surface area contributed by atoms with Gasteiger partial charge in [0.25, 0.3) is 0 Å². The van der Waals surface area contributed by atoms with Gasteiger partial charge in [-0.15, -0.1) is 0 Å². The number of rotatable bonds is 3. The number of nitrogens with one attached hydrogen (secondary N) is 1. The van der Waals surface area contributed by atoms with Crippen LogP contribution in [-0.4, -0.2) is 9.78 Å². The summed E-state index contributed by atoms with van der Waals surface area (Å²) < 4.78 is 16.2. The molecule has 7 heteroatoms. The molecule has 0 saturated heterocycles. The normalized spacial score (nSPS) is 12.7. The summed E-state index contributed by atoms with van der Waals surface area (Å²) in [6, 6.07) is 3.81. The van der Waals surface area contributed by atoms with Crippen molar-refractivity contribution in [3.05, 3.63) is 51.0 Å². The van der Waals surface area contributed by atoms with Crippen LogP contribution in [-0.2, 0) is 7.05 Å².